The summed E-state index contributed by atoms with van der Waals surface area (Å²) >= 11 is 1.57. The minimum absolute atomic E-state index is 0.235. The predicted molar refractivity (Wildman–Crippen MR) is 42.5 cm³/mol. The Morgan fingerprint density at radius 2 is 2.64 bits per heavy atom. The van der Waals surface area contributed by atoms with Gasteiger partial charge < -0.3 is 4.74 Å². The zero-order chi connectivity index (χ0) is 8.10. The van der Waals surface area contributed by atoms with Crippen LogP contribution < -0.4 is 0 Å². The fourth-order valence-electron chi connectivity index (χ4n) is 0.659. The number of ether oxygens (including phenoxy) is 1. The summed E-state index contributed by atoms with van der Waals surface area (Å²) in [6, 6.07) is 0. The van der Waals surface area contributed by atoms with Crippen LogP contribution in [-0.2, 0) is 16.0 Å². The molecule has 0 aliphatic carbocycles. The molecule has 0 amide bonds. The summed E-state index contributed by atoms with van der Waals surface area (Å²) in [6.45, 7) is 1.84. The van der Waals surface area contributed by atoms with E-state index < -0.39 is 0 Å². The monoisotopic (exact) mass is 171 g/mol. The number of carbonyl (C=O) groups is 1. The fourth-order valence-corrected chi connectivity index (χ4v) is 1.26. The van der Waals surface area contributed by atoms with Crippen LogP contribution in [0.5, 0.6) is 0 Å². The molecule has 0 radical (unpaired) electrons. The van der Waals surface area contributed by atoms with E-state index in [1.54, 1.807) is 17.5 Å². The van der Waals surface area contributed by atoms with Gasteiger partial charge in [-0.3, -0.25) is 4.79 Å². The van der Waals surface area contributed by atoms with Crippen molar-refractivity contribution >= 4 is 17.3 Å². The van der Waals surface area contributed by atoms with E-state index >= 15 is 0 Å². The summed E-state index contributed by atoms with van der Waals surface area (Å²) in [7, 11) is 0. The Morgan fingerprint density at radius 3 is 3.18 bits per heavy atom. The Hall–Kier alpha value is -0.900. The molecule has 3 nitrogen and oxygen atoms in total. The van der Waals surface area contributed by atoms with Crippen molar-refractivity contribution in [1.29, 1.82) is 0 Å². The number of hydrogen-bond donors (Lipinski definition) is 0. The van der Waals surface area contributed by atoms with Crippen molar-refractivity contribution in [3.05, 3.63) is 16.6 Å². The predicted octanol–water partition coefficient (Wildman–Crippen LogP) is 1.25. The lowest BCUT2D eigenvalue weighted by Crippen LogP contribution is -2.02. The average Bonchev–Trinajstić information content (AvgIpc) is 2.39. The molecule has 0 aliphatic heterocycles. The van der Waals surface area contributed by atoms with Crippen molar-refractivity contribution in [2.24, 2.45) is 0 Å². The quantitative estimate of drug-likeness (QED) is 0.642. The van der Waals surface area contributed by atoms with E-state index in [4.69, 9.17) is 4.74 Å². The van der Waals surface area contributed by atoms with E-state index in [1.807, 2.05) is 5.38 Å². The molecule has 0 aliphatic rings. The number of aromatic nitrogens is 1. The molecule has 0 aromatic carbocycles. The highest BCUT2D eigenvalue weighted by molar-refractivity contribution is 7.09. The van der Waals surface area contributed by atoms with E-state index in [2.05, 4.69) is 4.98 Å². The number of rotatable bonds is 3. The van der Waals surface area contributed by atoms with Gasteiger partial charge in [0.05, 0.1) is 11.6 Å². The molecule has 0 unspecified atom stereocenters. The van der Waals surface area contributed by atoms with Gasteiger partial charge in [-0.15, -0.1) is 11.3 Å². The fraction of sp³-hybridized carbons (Fsp3) is 0.429. The molecule has 0 spiro atoms. The summed E-state index contributed by atoms with van der Waals surface area (Å²) in [5.41, 5.74) is 0. The topological polar surface area (TPSA) is 39.2 Å². The third-order valence-corrected chi connectivity index (χ3v) is 1.94. The van der Waals surface area contributed by atoms with Crippen LogP contribution in [0.1, 0.15) is 11.9 Å². The van der Waals surface area contributed by atoms with Crippen molar-refractivity contribution < 1.29 is 9.53 Å². The summed E-state index contributed by atoms with van der Waals surface area (Å²) in [6.07, 6.45) is 2.46. The minimum Gasteiger partial charge on any atom is -0.465 e. The lowest BCUT2D eigenvalue weighted by Gasteiger charge is -1.97. The third-order valence-electron chi connectivity index (χ3n) is 1.10. The Balaban J connectivity index is 2.19. The molecule has 11 heavy (non-hydrogen) atoms. The van der Waals surface area contributed by atoms with Crippen LogP contribution in [0.15, 0.2) is 11.6 Å². The first-order valence-corrected chi connectivity index (χ1v) is 4.19. The van der Waals surface area contributed by atoms with Crippen LogP contribution in [0.4, 0.5) is 0 Å². The molecule has 0 fully saturated rings. The van der Waals surface area contributed by atoms with Crippen LogP contribution in [-0.4, -0.2) is 17.6 Å². The first kappa shape index (κ1) is 8.20. The van der Waals surface area contributed by atoms with Gasteiger partial charge >= 0.3 is 5.97 Å². The summed E-state index contributed by atoms with van der Waals surface area (Å²) in [4.78, 5) is 14.4. The van der Waals surface area contributed by atoms with Gasteiger partial charge in [-0.25, -0.2) is 4.98 Å². The summed E-state index contributed by atoms with van der Waals surface area (Å²) < 4.78 is 4.74. The standard InChI is InChI=1S/C7H9NO2S/c1-6(9)10-4-2-7-8-3-5-11-7/h3,5H,2,4H2,1H3. The molecule has 0 bridgehead atoms. The van der Waals surface area contributed by atoms with Gasteiger partial charge in [0.2, 0.25) is 0 Å². The van der Waals surface area contributed by atoms with Crippen LogP contribution >= 0.6 is 11.3 Å². The number of thiazole rings is 1. The zero-order valence-corrected chi connectivity index (χ0v) is 7.06. The average molecular weight is 171 g/mol. The Kier molecular flexibility index (Phi) is 3.04. The molecule has 0 saturated heterocycles. The molecule has 0 saturated carbocycles. The smallest absolute Gasteiger partial charge is 0.302 e. The van der Waals surface area contributed by atoms with E-state index in [1.165, 1.54) is 6.92 Å². The van der Waals surface area contributed by atoms with Gasteiger partial charge in [0.15, 0.2) is 0 Å². The van der Waals surface area contributed by atoms with Crippen molar-refractivity contribution in [3.8, 4) is 0 Å². The molecule has 0 N–H and O–H groups in total. The lowest BCUT2D eigenvalue weighted by molar-refractivity contribution is -0.140. The normalized spacial score (nSPS) is 9.55. The second kappa shape index (κ2) is 4.08. The number of nitrogens with zero attached hydrogens (tertiary/aromatic N) is 1. The highest BCUT2D eigenvalue weighted by Crippen LogP contribution is 2.04. The van der Waals surface area contributed by atoms with Gasteiger partial charge in [-0.2, -0.15) is 0 Å². The molecule has 0 atom stereocenters. The SMILES string of the molecule is CC(=O)OCCc1nccs1. The largest absolute Gasteiger partial charge is 0.465 e. The van der Waals surface area contributed by atoms with Crippen molar-refractivity contribution in [2.75, 3.05) is 6.61 Å². The van der Waals surface area contributed by atoms with Gasteiger partial charge in [0, 0.05) is 24.9 Å². The third kappa shape index (κ3) is 3.13. The van der Waals surface area contributed by atoms with E-state index in [9.17, 15) is 4.79 Å². The van der Waals surface area contributed by atoms with Gasteiger partial charge in [0.1, 0.15) is 0 Å². The van der Waals surface area contributed by atoms with Crippen LogP contribution in [0.2, 0.25) is 0 Å². The van der Waals surface area contributed by atoms with Crippen molar-refractivity contribution in [3.63, 3.8) is 0 Å². The van der Waals surface area contributed by atoms with Crippen LogP contribution in [0, 0.1) is 0 Å². The van der Waals surface area contributed by atoms with Gasteiger partial charge in [0.25, 0.3) is 0 Å². The zero-order valence-electron chi connectivity index (χ0n) is 6.24. The Labute approximate surface area is 69.0 Å². The molecule has 1 heterocycles. The molecular formula is C7H9NO2S. The Morgan fingerprint density at radius 1 is 1.82 bits per heavy atom. The van der Waals surface area contributed by atoms with Crippen molar-refractivity contribution in [2.45, 2.75) is 13.3 Å². The number of hydrogen-bond acceptors (Lipinski definition) is 4. The van der Waals surface area contributed by atoms with E-state index in [0.717, 1.165) is 11.4 Å². The first-order chi connectivity index (χ1) is 5.29. The molecule has 1 rings (SSSR count). The minimum atomic E-state index is -0.235. The first-order valence-electron chi connectivity index (χ1n) is 3.31. The summed E-state index contributed by atoms with van der Waals surface area (Å²) in [5.74, 6) is -0.235. The molecule has 1 aromatic rings. The van der Waals surface area contributed by atoms with Crippen molar-refractivity contribution in [1.82, 2.24) is 4.98 Å². The second-order valence-electron chi connectivity index (χ2n) is 2.02. The summed E-state index contributed by atoms with van der Waals surface area (Å²) in [5, 5.41) is 2.91. The second-order valence-corrected chi connectivity index (χ2v) is 3.00. The molecule has 4 heteroatoms. The van der Waals surface area contributed by atoms with Gasteiger partial charge in [-0.1, -0.05) is 0 Å². The molecule has 60 valence electrons. The highest BCUT2D eigenvalue weighted by atomic mass is 32.1. The number of carbonyl (C=O) groups excluding carboxylic acids is 1. The Bertz CT molecular complexity index is 220. The maximum atomic E-state index is 10.3. The lowest BCUT2D eigenvalue weighted by atomic mass is 10.5. The van der Waals surface area contributed by atoms with Crippen LogP contribution in [0.3, 0.4) is 0 Å². The maximum Gasteiger partial charge on any atom is 0.302 e. The molecular weight excluding hydrogens is 162 g/mol. The molecule has 1 aromatic heterocycles. The number of esters is 1. The maximum absolute atomic E-state index is 10.3. The van der Waals surface area contributed by atoms with E-state index in [-0.39, 0.29) is 5.97 Å². The van der Waals surface area contributed by atoms with E-state index in [0.29, 0.717) is 6.61 Å². The van der Waals surface area contributed by atoms with Crippen LogP contribution in [0.25, 0.3) is 0 Å². The highest BCUT2D eigenvalue weighted by Gasteiger charge is 1.96. The van der Waals surface area contributed by atoms with Gasteiger partial charge in [-0.05, 0) is 0 Å².